The average molecular weight is 384 g/mol. The third kappa shape index (κ3) is 2.07. The molecule has 0 spiro atoms. The van der Waals surface area contributed by atoms with Gasteiger partial charge in [-0.25, -0.2) is 4.79 Å². The largest absolute Gasteiger partial charge is 0.373 e. The second kappa shape index (κ2) is 5.71. The number of amides is 4. The van der Waals surface area contributed by atoms with Crippen molar-refractivity contribution in [1.82, 2.24) is 9.96 Å². The van der Waals surface area contributed by atoms with E-state index in [1.165, 1.54) is 19.1 Å². The maximum atomic E-state index is 12.7. The lowest BCUT2D eigenvalue weighted by Crippen LogP contribution is -2.48. The second-order valence-corrected chi connectivity index (χ2v) is 7.42. The minimum atomic E-state index is -1.26. The fraction of sp³-hybridized carbons (Fsp3) is 0.421. The highest BCUT2D eigenvalue weighted by molar-refractivity contribution is 6.21. The van der Waals surface area contributed by atoms with Crippen molar-refractivity contribution in [1.29, 1.82) is 0 Å². The lowest BCUT2D eigenvalue weighted by molar-refractivity contribution is -0.177. The van der Waals surface area contributed by atoms with Gasteiger partial charge in [0.2, 0.25) is 11.8 Å². The minimum Gasteiger partial charge on any atom is -0.373 e. The first-order valence-electron chi connectivity index (χ1n) is 9.12. The predicted molar refractivity (Wildman–Crippen MR) is 89.2 cm³/mol. The van der Waals surface area contributed by atoms with Crippen LogP contribution in [0.4, 0.5) is 0 Å². The standard InChI is InChI=1S/C19H16N2O7/c1-8(20-17(24)13-11-6-7-12(27-11)14(13)18(20)25)19(26)28-21-15(22)9-4-2-3-5-10(9)16(21)23/h2-5,8,11-14H,6-7H2,1H3. The van der Waals surface area contributed by atoms with Crippen LogP contribution in [0.1, 0.15) is 40.5 Å². The maximum absolute atomic E-state index is 12.7. The lowest BCUT2D eigenvalue weighted by atomic mass is 9.81. The van der Waals surface area contributed by atoms with Gasteiger partial charge in [-0.2, -0.15) is 0 Å². The van der Waals surface area contributed by atoms with Gasteiger partial charge < -0.3 is 9.57 Å². The topological polar surface area (TPSA) is 110 Å². The van der Waals surface area contributed by atoms with E-state index < -0.39 is 47.5 Å². The molecule has 0 aliphatic carbocycles. The third-order valence-electron chi connectivity index (χ3n) is 5.98. The Kier molecular flexibility index (Phi) is 3.48. The molecule has 28 heavy (non-hydrogen) atoms. The summed E-state index contributed by atoms with van der Waals surface area (Å²) in [4.78, 5) is 68.6. The molecule has 0 aromatic heterocycles. The zero-order chi connectivity index (χ0) is 19.7. The summed E-state index contributed by atoms with van der Waals surface area (Å²) in [6, 6.07) is 4.84. The first-order chi connectivity index (χ1) is 13.4. The quantitative estimate of drug-likeness (QED) is 0.689. The van der Waals surface area contributed by atoms with Gasteiger partial charge in [-0.05, 0) is 31.9 Å². The van der Waals surface area contributed by atoms with Crippen molar-refractivity contribution in [2.45, 2.75) is 38.0 Å². The van der Waals surface area contributed by atoms with Crippen LogP contribution in [0.5, 0.6) is 0 Å². The SMILES string of the molecule is CC(C(=O)ON1C(=O)c2ccccc2C1=O)N1C(=O)C2C3CCC(O3)C2C1=O. The van der Waals surface area contributed by atoms with Crippen LogP contribution in [0.3, 0.4) is 0 Å². The third-order valence-corrected chi connectivity index (χ3v) is 5.98. The molecule has 3 saturated heterocycles. The van der Waals surface area contributed by atoms with Crippen LogP contribution in [0.25, 0.3) is 0 Å². The second-order valence-electron chi connectivity index (χ2n) is 7.42. The van der Waals surface area contributed by atoms with E-state index in [2.05, 4.69) is 0 Å². The zero-order valence-electron chi connectivity index (χ0n) is 14.9. The van der Waals surface area contributed by atoms with Gasteiger partial charge in [0.25, 0.3) is 11.8 Å². The Hall–Kier alpha value is -3.07. The van der Waals surface area contributed by atoms with E-state index in [4.69, 9.17) is 9.57 Å². The number of ether oxygens (including phenoxy) is 1. The zero-order valence-corrected chi connectivity index (χ0v) is 14.9. The van der Waals surface area contributed by atoms with E-state index >= 15 is 0 Å². The number of hydroxylamine groups is 2. The van der Waals surface area contributed by atoms with Gasteiger partial charge in [-0.1, -0.05) is 17.2 Å². The van der Waals surface area contributed by atoms with Gasteiger partial charge in [-0.3, -0.25) is 24.1 Å². The number of nitrogens with zero attached hydrogens (tertiary/aromatic N) is 2. The maximum Gasteiger partial charge on any atom is 0.355 e. The molecule has 1 aromatic rings. The number of carbonyl (C=O) groups excluding carboxylic acids is 5. The normalized spacial score (nSPS) is 31.5. The van der Waals surface area contributed by atoms with Crippen molar-refractivity contribution >= 4 is 29.6 Å². The molecule has 5 unspecified atom stereocenters. The number of hydrogen-bond acceptors (Lipinski definition) is 7. The summed E-state index contributed by atoms with van der Waals surface area (Å²) in [6.07, 6.45) is 0.839. The molecule has 1 aromatic carbocycles. The highest BCUT2D eigenvalue weighted by Gasteiger charge is 2.63. The first kappa shape index (κ1) is 17.1. The van der Waals surface area contributed by atoms with Gasteiger partial charge in [-0.15, -0.1) is 0 Å². The van der Waals surface area contributed by atoms with Crippen LogP contribution in [-0.2, 0) is 24.0 Å². The summed E-state index contributed by atoms with van der Waals surface area (Å²) in [6.45, 7) is 1.35. The number of imide groups is 2. The van der Waals surface area contributed by atoms with Gasteiger partial charge in [0.1, 0.15) is 6.04 Å². The number of rotatable bonds is 3. The van der Waals surface area contributed by atoms with Gasteiger partial charge in [0, 0.05) is 0 Å². The Balaban J connectivity index is 1.34. The molecule has 3 fully saturated rings. The van der Waals surface area contributed by atoms with Crippen LogP contribution in [0.2, 0.25) is 0 Å². The molecule has 0 saturated carbocycles. The molecule has 0 radical (unpaired) electrons. The van der Waals surface area contributed by atoms with E-state index in [0.717, 1.165) is 4.90 Å². The van der Waals surface area contributed by atoms with Crippen LogP contribution in [0.15, 0.2) is 24.3 Å². The molecule has 4 heterocycles. The van der Waals surface area contributed by atoms with Crippen molar-refractivity contribution in [2.75, 3.05) is 0 Å². The molecule has 9 nitrogen and oxygen atoms in total. The molecule has 5 rings (SSSR count). The summed E-state index contributed by atoms with van der Waals surface area (Å²) in [5.41, 5.74) is 0.258. The molecular weight excluding hydrogens is 368 g/mol. The highest BCUT2D eigenvalue weighted by Crippen LogP contribution is 2.48. The smallest absolute Gasteiger partial charge is 0.355 e. The van der Waals surface area contributed by atoms with Gasteiger partial charge in [0.15, 0.2) is 0 Å². The summed E-state index contributed by atoms with van der Waals surface area (Å²) in [5.74, 6) is -4.61. The van der Waals surface area contributed by atoms with E-state index in [-0.39, 0.29) is 23.3 Å². The van der Waals surface area contributed by atoms with Crippen molar-refractivity contribution < 1.29 is 33.5 Å². The van der Waals surface area contributed by atoms with Gasteiger partial charge in [0.05, 0.1) is 35.2 Å². The fourth-order valence-electron chi connectivity index (χ4n) is 4.64. The van der Waals surface area contributed by atoms with E-state index in [0.29, 0.717) is 17.9 Å². The Morgan fingerprint density at radius 1 is 1.00 bits per heavy atom. The molecule has 0 N–H and O–H groups in total. The molecule has 2 bridgehead atoms. The number of fused-ring (bicyclic) bond motifs is 6. The van der Waals surface area contributed by atoms with Crippen molar-refractivity contribution in [3.05, 3.63) is 35.4 Å². The molecule has 4 amide bonds. The molecule has 5 atom stereocenters. The first-order valence-corrected chi connectivity index (χ1v) is 9.12. The predicted octanol–water partition coefficient (Wildman–Crippen LogP) is 0.292. The Labute approximate surface area is 159 Å². The van der Waals surface area contributed by atoms with E-state index in [9.17, 15) is 24.0 Å². The minimum absolute atomic E-state index is 0.129. The Morgan fingerprint density at radius 2 is 1.50 bits per heavy atom. The van der Waals surface area contributed by atoms with Crippen molar-refractivity contribution in [2.24, 2.45) is 11.8 Å². The highest BCUT2D eigenvalue weighted by atomic mass is 16.7. The molecule has 4 aliphatic heterocycles. The van der Waals surface area contributed by atoms with E-state index in [1.807, 2.05) is 0 Å². The molecular formula is C19H16N2O7. The number of benzene rings is 1. The fourth-order valence-corrected chi connectivity index (χ4v) is 4.64. The van der Waals surface area contributed by atoms with Crippen molar-refractivity contribution in [3.8, 4) is 0 Å². The summed E-state index contributed by atoms with van der Waals surface area (Å²) < 4.78 is 5.66. The average Bonchev–Trinajstić information content (AvgIpc) is 3.42. The molecule has 9 heteroatoms. The van der Waals surface area contributed by atoms with Crippen molar-refractivity contribution in [3.63, 3.8) is 0 Å². The van der Waals surface area contributed by atoms with Crippen LogP contribution in [0, 0.1) is 11.8 Å². The summed E-state index contributed by atoms with van der Waals surface area (Å²) in [5, 5.41) is 0.377. The van der Waals surface area contributed by atoms with Gasteiger partial charge >= 0.3 is 5.97 Å². The number of hydrogen-bond donors (Lipinski definition) is 0. The molecule has 144 valence electrons. The Bertz CT molecular complexity index is 894. The van der Waals surface area contributed by atoms with Crippen LogP contribution < -0.4 is 0 Å². The lowest BCUT2D eigenvalue weighted by Gasteiger charge is -2.24. The van der Waals surface area contributed by atoms with Crippen LogP contribution in [-0.4, -0.2) is 57.8 Å². The number of carbonyl (C=O) groups is 5. The number of likely N-dealkylation sites (tertiary alicyclic amines) is 1. The summed E-state index contributed by atoms with van der Waals surface area (Å²) >= 11 is 0. The summed E-state index contributed by atoms with van der Waals surface area (Å²) in [7, 11) is 0. The Morgan fingerprint density at radius 3 is 2.00 bits per heavy atom. The van der Waals surface area contributed by atoms with E-state index in [1.54, 1.807) is 12.1 Å². The monoisotopic (exact) mass is 384 g/mol. The van der Waals surface area contributed by atoms with Crippen LogP contribution >= 0.6 is 0 Å². The molecule has 4 aliphatic rings.